The van der Waals surface area contributed by atoms with Crippen LogP contribution in [0.15, 0.2) is 60.8 Å². The first-order valence-electron chi connectivity index (χ1n) is 11.4. The second-order valence-corrected chi connectivity index (χ2v) is 8.96. The second kappa shape index (κ2) is 8.79. The van der Waals surface area contributed by atoms with Gasteiger partial charge in [-0.05, 0) is 61.4 Å². The van der Waals surface area contributed by atoms with E-state index in [4.69, 9.17) is 4.74 Å². The first-order chi connectivity index (χ1) is 15.6. The van der Waals surface area contributed by atoms with Crippen LogP contribution in [0.5, 0.6) is 5.75 Å². The molecular weight excluding hydrogens is 402 g/mol. The zero-order chi connectivity index (χ0) is 22.1. The van der Waals surface area contributed by atoms with Crippen LogP contribution in [0.3, 0.4) is 0 Å². The maximum Gasteiger partial charge on any atom is 0.255 e. The highest BCUT2D eigenvalue weighted by molar-refractivity contribution is 6.01. The van der Waals surface area contributed by atoms with E-state index in [1.54, 1.807) is 4.90 Å². The van der Waals surface area contributed by atoms with Crippen LogP contribution in [0.2, 0.25) is 0 Å². The molecule has 1 saturated heterocycles. The van der Waals surface area contributed by atoms with Gasteiger partial charge in [0.2, 0.25) is 5.91 Å². The minimum atomic E-state index is -0.439. The topological polar surface area (TPSA) is 70.7 Å². The molecule has 2 N–H and O–H groups in total. The number of fused-ring (bicyclic) bond motifs is 1. The Hall–Kier alpha value is -3.12. The zero-order valence-corrected chi connectivity index (χ0v) is 18.2. The summed E-state index contributed by atoms with van der Waals surface area (Å²) in [5, 5.41) is 6.43. The maximum atomic E-state index is 12.9. The Morgan fingerprint density at radius 3 is 2.75 bits per heavy atom. The Bertz CT molecular complexity index is 1040. The molecule has 2 heterocycles. The van der Waals surface area contributed by atoms with Crippen molar-refractivity contribution in [1.82, 2.24) is 15.5 Å². The largest absolute Gasteiger partial charge is 0.489 e. The summed E-state index contributed by atoms with van der Waals surface area (Å²) in [6.07, 6.45) is 4.67. The van der Waals surface area contributed by atoms with E-state index in [1.165, 1.54) is 5.56 Å². The lowest BCUT2D eigenvalue weighted by Crippen LogP contribution is -2.49. The summed E-state index contributed by atoms with van der Waals surface area (Å²) >= 11 is 0. The Kier molecular flexibility index (Phi) is 5.70. The number of nitrogens with zero attached hydrogens (tertiary/aromatic N) is 1. The van der Waals surface area contributed by atoms with E-state index in [0.717, 1.165) is 42.8 Å². The molecule has 6 heteroatoms. The van der Waals surface area contributed by atoms with Crippen molar-refractivity contribution in [3.63, 3.8) is 0 Å². The number of hydrogen-bond donors (Lipinski definition) is 2. The molecule has 5 rings (SSSR count). The van der Waals surface area contributed by atoms with E-state index in [1.807, 2.05) is 24.3 Å². The average Bonchev–Trinajstić information content (AvgIpc) is 3.37. The van der Waals surface area contributed by atoms with E-state index >= 15 is 0 Å². The van der Waals surface area contributed by atoms with Crippen molar-refractivity contribution in [3.8, 4) is 5.75 Å². The smallest absolute Gasteiger partial charge is 0.255 e. The van der Waals surface area contributed by atoms with Gasteiger partial charge in [0.25, 0.3) is 5.91 Å². The zero-order valence-electron chi connectivity index (χ0n) is 18.2. The molecule has 2 fully saturated rings. The molecule has 2 amide bonds. The van der Waals surface area contributed by atoms with E-state index in [2.05, 4.69) is 41.5 Å². The van der Waals surface area contributed by atoms with Crippen molar-refractivity contribution in [1.29, 1.82) is 0 Å². The fraction of sp³-hybridized carbons (Fsp3) is 0.385. The summed E-state index contributed by atoms with van der Waals surface area (Å²) in [7, 11) is 0. The maximum absolute atomic E-state index is 12.9. The minimum absolute atomic E-state index is 0.0810. The molecule has 0 bridgehead atoms. The molecule has 3 aliphatic rings. The Labute approximate surface area is 188 Å². The van der Waals surface area contributed by atoms with Gasteiger partial charge >= 0.3 is 0 Å². The molecule has 0 radical (unpaired) electrons. The molecular formula is C26H29N3O3. The summed E-state index contributed by atoms with van der Waals surface area (Å²) in [5.74, 6) is 0.568. The van der Waals surface area contributed by atoms with Gasteiger partial charge in [0.1, 0.15) is 17.9 Å². The number of rotatable bonds is 6. The van der Waals surface area contributed by atoms with Gasteiger partial charge in [0, 0.05) is 30.4 Å². The van der Waals surface area contributed by atoms with Gasteiger partial charge in [-0.25, -0.2) is 0 Å². The molecule has 0 spiro atoms. The summed E-state index contributed by atoms with van der Waals surface area (Å²) < 4.78 is 6.37. The van der Waals surface area contributed by atoms with Crippen LogP contribution in [0.1, 0.15) is 53.6 Å². The fourth-order valence-corrected chi connectivity index (χ4v) is 5.02. The average molecular weight is 432 g/mol. The first-order valence-corrected chi connectivity index (χ1v) is 11.4. The van der Waals surface area contributed by atoms with Gasteiger partial charge < -0.3 is 20.3 Å². The van der Waals surface area contributed by atoms with Crippen LogP contribution >= 0.6 is 0 Å². The van der Waals surface area contributed by atoms with Crippen LogP contribution in [0.4, 0.5) is 0 Å². The van der Waals surface area contributed by atoms with Gasteiger partial charge in [-0.15, -0.1) is 0 Å². The van der Waals surface area contributed by atoms with Crippen molar-refractivity contribution in [2.75, 3.05) is 0 Å². The van der Waals surface area contributed by atoms with Crippen LogP contribution in [-0.4, -0.2) is 34.9 Å². The molecule has 2 aromatic rings. The third-order valence-electron chi connectivity index (χ3n) is 6.76. The minimum Gasteiger partial charge on any atom is -0.489 e. The molecule has 32 heavy (non-hydrogen) atoms. The number of ether oxygens (including phenoxy) is 1. The number of allylic oxidation sites excluding steroid dienone is 1. The highest BCUT2D eigenvalue weighted by atomic mass is 16.5. The summed E-state index contributed by atoms with van der Waals surface area (Å²) in [6, 6.07) is 16.0. The van der Waals surface area contributed by atoms with Crippen LogP contribution < -0.4 is 15.4 Å². The summed E-state index contributed by atoms with van der Waals surface area (Å²) in [4.78, 5) is 27.0. The van der Waals surface area contributed by atoms with Crippen molar-refractivity contribution in [3.05, 3.63) is 77.5 Å². The standard InChI is InChI=1S/C26H29N3O3/c1-17-10-13-23(25(30)28-17)29-16-19-14-20(11-12-21(19)26(29)31)32-24-9-5-8-22(24)27-15-18-6-3-2-4-7-18/h2-4,6-7,11-12,14,22-24,27H,1,5,8-10,13,15-16H2,(H,28,30)/t22-,23?,24-/m1/s1. The van der Waals surface area contributed by atoms with Gasteiger partial charge in [-0.3, -0.25) is 9.59 Å². The van der Waals surface area contributed by atoms with Gasteiger partial charge in [0.15, 0.2) is 0 Å². The molecule has 2 aliphatic heterocycles. The van der Waals surface area contributed by atoms with Gasteiger partial charge in [-0.1, -0.05) is 36.9 Å². The molecule has 166 valence electrons. The van der Waals surface area contributed by atoms with Gasteiger partial charge in [-0.2, -0.15) is 0 Å². The summed E-state index contributed by atoms with van der Waals surface area (Å²) in [5.41, 5.74) is 3.58. The van der Waals surface area contributed by atoms with Gasteiger partial charge in [0.05, 0.1) is 0 Å². The highest BCUT2D eigenvalue weighted by Gasteiger charge is 2.38. The van der Waals surface area contributed by atoms with Crippen LogP contribution in [0.25, 0.3) is 0 Å². The van der Waals surface area contributed by atoms with E-state index in [-0.39, 0.29) is 17.9 Å². The molecule has 1 saturated carbocycles. The number of nitrogens with one attached hydrogen (secondary N) is 2. The molecule has 2 aromatic carbocycles. The van der Waals surface area contributed by atoms with E-state index < -0.39 is 6.04 Å². The fourth-order valence-electron chi connectivity index (χ4n) is 5.02. The molecule has 3 atom stereocenters. The number of amides is 2. The Morgan fingerprint density at radius 2 is 1.94 bits per heavy atom. The van der Waals surface area contributed by atoms with Crippen molar-refractivity contribution >= 4 is 11.8 Å². The SMILES string of the molecule is C=C1CCC(N2Cc3cc(O[C@@H]4CCC[C@H]4NCc4ccccc4)ccc3C2=O)C(=O)N1. The lowest BCUT2D eigenvalue weighted by Gasteiger charge is -2.30. The molecule has 6 nitrogen and oxygen atoms in total. The third kappa shape index (κ3) is 4.15. The Balaban J connectivity index is 1.24. The molecule has 1 unspecified atom stereocenters. The highest BCUT2D eigenvalue weighted by Crippen LogP contribution is 2.32. The lowest BCUT2D eigenvalue weighted by atomic mass is 10.0. The number of piperidine rings is 1. The predicted octanol–water partition coefficient (Wildman–Crippen LogP) is 3.52. The van der Waals surface area contributed by atoms with Crippen molar-refractivity contribution in [2.24, 2.45) is 0 Å². The van der Waals surface area contributed by atoms with E-state index in [0.29, 0.717) is 31.0 Å². The number of hydrogen-bond acceptors (Lipinski definition) is 4. The predicted molar refractivity (Wildman–Crippen MR) is 122 cm³/mol. The number of benzene rings is 2. The first kappa shape index (κ1) is 20.8. The number of carbonyl (C=O) groups is 2. The van der Waals surface area contributed by atoms with E-state index in [9.17, 15) is 9.59 Å². The normalized spacial score (nSPS) is 25.1. The molecule has 0 aromatic heterocycles. The van der Waals surface area contributed by atoms with Crippen LogP contribution in [-0.2, 0) is 17.9 Å². The quantitative estimate of drug-likeness (QED) is 0.734. The van der Waals surface area contributed by atoms with Crippen LogP contribution in [0, 0.1) is 0 Å². The number of carbonyl (C=O) groups excluding carboxylic acids is 2. The molecule has 1 aliphatic carbocycles. The summed E-state index contributed by atoms with van der Waals surface area (Å²) in [6.45, 7) is 5.09. The second-order valence-electron chi connectivity index (χ2n) is 8.96. The Morgan fingerprint density at radius 1 is 1.09 bits per heavy atom. The van der Waals surface area contributed by atoms with Crippen molar-refractivity contribution < 1.29 is 14.3 Å². The lowest BCUT2D eigenvalue weighted by molar-refractivity contribution is -0.126. The van der Waals surface area contributed by atoms with Crippen molar-refractivity contribution in [2.45, 2.75) is 63.4 Å². The monoisotopic (exact) mass is 431 g/mol. The third-order valence-corrected chi connectivity index (χ3v) is 6.76.